The van der Waals surface area contributed by atoms with E-state index in [1.54, 1.807) is 0 Å². The van der Waals surface area contributed by atoms with Gasteiger partial charge in [0.2, 0.25) is 11.8 Å². The molecule has 0 radical (unpaired) electrons. The van der Waals surface area contributed by atoms with Gasteiger partial charge in [-0.25, -0.2) is 0 Å². The SMILES string of the molecule is NC(=O)COCCNC(=O)C1CNCCN1. The fourth-order valence-corrected chi connectivity index (χ4v) is 1.38. The number of nitrogens with two attached hydrogens (primary N) is 1. The van der Waals surface area contributed by atoms with Gasteiger partial charge < -0.3 is 26.4 Å². The molecule has 0 saturated carbocycles. The molecule has 0 aliphatic carbocycles. The van der Waals surface area contributed by atoms with Crippen LogP contribution < -0.4 is 21.7 Å². The predicted molar refractivity (Wildman–Crippen MR) is 57.7 cm³/mol. The van der Waals surface area contributed by atoms with Crippen molar-refractivity contribution in [1.29, 1.82) is 0 Å². The lowest BCUT2D eigenvalue weighted by Crippen LogP contribution is -2.56. The number of primary amides is 1. The van der Waals surface area contributed by atoms with Crippen LogP contribution in [0.15, 0.2) is 0 Å². The third-order valence-electron chi connectivity index (χ3n) is 2.15. The number of carbonyl (C=O) groups excluding carboxylic acids is 2. The zero-order valence-corrected chi connectivity index (χ0v) is 9.12. The van der Waals surface area contributed by atoms with Crippen molar-refractivity contribution in [2.45, 2.75) is 6.04 Å². The minimum absolute atomic E-state index is 0.0603. The van der Waals surface area contributed by atoms with E-state index in [0.29, 0.717) is 13.1 Å². The van der Waals surface area contributed by atoms with Crippen LogP contribution in [-0.2, 0) is 14.3 Å². The van der Waals surface area contributed by atoms with Crippen molar-refractivity contribution < 1.29 is 14.3 Å². The van der Waals surface area contributed by atoms with E-state index in [1.807, 2.05) is 0 Å². The number of piperazine rings is 1. The third kappa shape index (κ3) is 5.06. The first kappa shape index (κ1) is 12.9. The highest BCUT2D eigenvalue weighted by molar-refractivity contribution is 5.82. The van der Waals surface area contributed by atoms with Gasteiger partial charge in [0.25, 0.3) is 0 Å². The molecular formula is C9H18N4O3. The summed E-state index contributed by atoms with van der Waals surface area (Å²) in [7, 11) is 0. The molecular weight excluding hydrogens is 212 g/mol. The van der Waals surface area contributed by atoms with E-state index in [9.17, 15) is 9.59 Å². The van der Waals surface area contributed by atoms with Gasteiger partial charge in [0, 0.05) is 26.2 Å². The summed E-state index contributed by atoms with van der Waals surface area (Å²) in [5.41, 5.74) is 4.88. The van der Waals surface area contributed by atoms with Gasteiger partial charge in [-0.1, -0.05) is 0 Å². The van der Waals surface area contributed by atoms with E-state index in [2.05, 4.69) is 16.0 Å². The maximum absolute atomic E-state index is 11.5. The fourth-order valence-electron chi connectivity index (χ4n) is 1.38. The zero-order valence-electron chi connectivity index (χ0n) is 9.12. The molecule has 0 spiro atoms. The van der Waals surface area contributed by atoms with E-state index in [1.165, 1.54) is 0 Å². The second-order valence-electron chi connectivity index (χ2n) is 3.52. The van der Waals surface area contributed by atoms with Crippen LogP contribution in [0.5, 0.6) is 0 Å². The summed E-state index contributed by atoms with van der Waals surface area (Å²) in [4.78, 5) is 21.9. The Morgan fingerprint density at radius 1 is 1.44 bits per heavy atom. The van der Waals surface area contributed by atoms with Crippen LogP contribution in [0, 0.1) is 0 Å². The second kappa shape index (κ2) is 7.15. The smallest absolute Gasteiger partial charge is 0.243 e. The van der Waals surface area contributed by atoms with E-state index in [0.717, 1.165) is 13.1 Å². The molecule has 7 nitrogen and oxygen atoms in total. The predicted octanol–water partition coefficient (Wildman–Crippen LogP) is -2.83. The summed E-state index contributed by atoms with van der Waals surface area (Å²) in [6.07, 6.45) is 0. The molecule has 0 aromatic carbocycles. The summed E-state index contributed by atoms with van der Waals surface area (Å²) >= 11 is 0. The standard InChI is InChI=1S/C9H18N4O3/c10-8(14)6-16-4-3-13-9(15)7-5-11-1-2-12-7/h7,11-12H,1-6H2,(H2,10,14)(H,13,15). The van der Waals surface area contributed by atoms with E-state index in [4.69, 9.17) is 10.5 Å². The van der Waals surface area contributed by atoms with Gasteiger partial charge in [0.05, 0.1) is 12.6 Å². The van der Waals surface area contributed by atoms with Crippen molar-refractivity contribution >= 4 is 11.8 Å². The largest absolute Gasteiger partial charge is 0.370 e. The van der Waals surface area contributed by atoms with Gasteiger partial charge in [-0.3, -0.25) is 9.59 Å². The summed E-state index contributed by atoms with van der Waals surface area (Å²) in [5, 5.41) is 8.91. The average molecular weight is 230 g/mol. The summed E-state index contributed by atoms with van der Waals surface area (Å²) in [6, 6.07) is -0.190. The molecule has 1 heterocycles. The van der Waals surface area contributed by atoms with Crippen molar-refractivity contribution in [3.05, 3.63) is 0 Å². The maximum atomic E-state index is 11.5. The highest BCUT2D eigenvalue weighted by Crippen LogP contribution is 1.86. The van der Waals surface area contributed by atoms with E-state index in [-0.39, 0.29) is 25.2 Å². The van der Waals surface area contributed by atoms with Crippen molar-refractivity contribution in [3.63, 3.8) is 0 Å². The Kier molecular flexibility index (Phi) is 5.76. The Morgan fingerprint density at radius 3 is 2.88 bits per heavy atom. The number of amides is 2. The van der Waals surface area contributed by atoms with Gasteiger partial charge in [0.1, 0.15) is 6.61 Å². The molecule has 2 amide bonds. The molecule has 5 N–H and O–H groups in total. The van der Waals surface area contributed by atoms with Crippen LogP contribution >= 0.6 is 0 Å². The average Bonchev–Trinajstić information content (AvgIpc) is 2.29. The molecule has 16 heavy (non-hydrogen) atoms. The molecule has 1 aliphatic heterocycles. The van der Waals surface area contributed by atoms with Crippen molar-refractivity contribution in [2.24, 2.45) is 5.73 Å². The normalized spacial score (nSPS) is 20.4. The Bertz CT molecular complexity index is 241. The number of nitrogens with one attached hydrogen (secondary N) is 3. The van der Waals surface area contributed by atoms with Gasteiger partial charge in [-0.15, -0.1) is 0 Å². The molecule has 1 unspecified atom stereocenters. The molecule has 1 saturated heterocycles. The Labute approximate surface area is 94.1 Å². The number of hydrogen-bond donors (Lipinski definition) is 4. The Balaban J connectivity index is 2.03. The molecule has 1 atom stereocenters. The molecule has 92 valence electrons. The zero-order chi connectivity index (χ0) is 11.8. The van der Waals surface area contributed by atoms with Crippen molar-refractivity contribution in [2.75, 3.05) is 39.4 Å². The Morgan fingerprint density at radius 2 is 2.25 bits per heavy atom. The first-order valence-corrected chi connectivity index (χ1v) is 5.28. The quantitative estimate of drug-likeness (QED) is 0.368. The minimum Gasteiger partial charge on any atom is -0.370 e. The summed E-state index contributed by atoms with van der Waals surface area (Å²) in [6.45, 7) is 2.86. The van der Waals surface area contributed by atoms with Crippen LogP contribution in [0.4, 0.5) is 0 Å². The van der Waals surface area contributed by atoms with Gasteiger partial charge in [-0.05, 0) is 0 Å². The highest BCUT2D eigenvalue weighted by atomic mass is 16.5. The molecule has 7 heteroatoms. The monoisotopic (exact) mass is 230 g/mol. The van der Waals surface area contributed by atoms with Gasteiger partial charge >= 0.3 is 0 Å². The van der Waals surface area contributed by atoms with Crippen LogP contribution in [0.25, 0.3) is 0 Å². The lowest BCUT2D eigenvalue weighted by molar-refractivity contribution is -0.123. The van der Waals surface area contributed by atoms with E-state index < -0.39 is 5.91 Å². The van der Waals surface area contributed by atoms with Gasteiger partial charge in [-0.2, -0.15) is 0 Å². The first-order chi connectivity index (χ1) is 7.70. The summed E-state index contributed by atoms with van der Waals surface area (Å²) < 4.78 is 4.91. The maximum Gasteiger partial charge on any atom is 0.243 e. The number of carbonyl (C=O) groups is 2. The molecule has 0 bridgehead atoms. The molecule has 0 aromatic rings. The van der Waals surface area contributed by atoms with Crippen LogP contribution in [0.1, 0.15) is 0 Å². The second-order valence-corrected chi connectivity index (χ2v) is 3.52. The van der Waals surface area contributed by atoms with Crippen LogP contribution in [0.2, 0.25) is 0 Å². The van der Waals surface area contributed by atoms with Crippen LogP contribution in [-0.4, -0.2) is 57.2 Å². The lowest BCUT2D eigenvalue weighted by Gasteiger charge is -2.23. The third-order valence-corrected chi connectivity index (χ3v) is 2.15. The van der Waals surface area contributed by atoms with Gasteiger partial charge in [0.15, 0.2) is 0 Å². The number of rotatable bonds is 6. The number of ether oxygens (including phenoxy) is 1. The number of hydrogen-bond acceptors (Lipinski definition) is 5. The first-order valence-electron chi connectivity index (χ1n) is 5.28. The molecule has 1 fully saturated rings. The lowest BCUT2D eigenvalue weighted by atomic mass is 10.2. The van der Waals surface area contributed by atoms with Crippen molar-refractivity contribution in [3.8, 4) is 0 Å². The van der Waals surface area contributed by atoms with E-state index >= 15 is 0 Å². The molecule has 1 rings (SSSR count). The minimum atomic E-state index is -0.510. The van der Waals surface area contributed by atoms with Crippen molar-refractivity contribution in [1.82, 2.24) is 16.0 Å². The topological polar surface area (TPSA) is 105 Å². The molecule has 1 aliphatic rings. The summed E-state index contributed by atoms with van der Waals surface area (Å²) in [5.74, 6) is -0.570. The molecule has 0 aromatic heterocycles. The van der Waals surface area contributed by atoms with Crippen LogP contribution in [0.3, 0.4) is 0 Å². The fraction of sp³-hybridized carbons (Fsp3) is 0.778. The Hall–Kier alpha value is -1.18. The highest BCUT2D eigenvalue weighted by Gasteiger charge is 2.19.